The van der Waals surface area contributed by atoms with E-state index in [0.717, 1.165) is 5.56 Å². The smallest absolute Gasteiger partial charge is 0.214 e. The Bertz CT molecular complexity index is 502. The van der Waals surface area contributed by atoms with Gasteiger partial charge in [-0.3, -0.25) is 4.90 Å². The van der Waals surface area contributed by atoms with E-state index in [1.165, 1.54) is 0 Å². The molecule has 5 heteroatoms. The van der Waals surface area contributed by atoms with Gasteiger partial charge in [0.1, 0.15) is 0 Å². The van der Waals surface area contributed by atoms with Crippen LogP contribution in [-0.2, 0) is 16.8 Å². The van der Waals surface area contributed by atoms with Crippen molar-refractivity contribution in [3.63, 3.8) is 0 Å². The third kappa shape index (κ3) is 2.74. The summed E-state index contributed by atoms with van der Waals surface area (Å²) in [7, 11) is -2.18. The molecule has 1 fully saturated rings. The van der Waals surface area contributed by atoms with Crippen LogP contribution in [-0.4, -0.2) is 42.5 Å². The molecule has 1 aliphatic heterocycles. The summed E-state index contributed by atoms with van der Waals surface area (Å²) < 4.78 is 22.0. The van der Waals surface area contributed by atoms with Crippen LogP contribution in [0, 0.1) is 0 Å². The Morgan fingerprint density at radius 1 is 1.29 bits per heavy atom. The van der Waals surface area contributed by atoms with E-state index in [2.05, 4.69) is 0 Å². The molecule has 0 radical (unpaired) electrons. The molecule has 1 aromatic rings. The Morgan fingerprint density at radius 3 is 2.59 bits per heavy atom. The predicted molar refractivity (Wildman–Crippen MR) is 66.3 cm³/mol. The zero-order valence-electron chi connectivity index (χ0n) is 9.41. The highest BCUT2D eigenvalue weighted by atomic mass is 32.2. The van der Waals surface area contributed by atoms with Gasteiger partial charge in [-0.2, -0.15) is 8.42 Å². The van der Waals surface area contributed by atoms with Crippen LogP contribution in [0.4, 0.5) is 0 Å². The zero-order valence-corrected chi connectivity index (χ0v) is 10.2. The first-order valence-electron chi connectivity index (χ1n) is 5.56. The molecule has 1 heterocycles. The summed E-state index contributed by atoms with van der Waals surface area (Å²) in [6, 6.07) is 9.50. The normalized spacial score (nSPS) is 20.8. The number of likely N-dealkylation sites (tertiary alicyclic amines) is 1. The molecule has 2 rings (SSSR count). The molecule has 1 N–H and O–H groups in total. The second-order valence-electron chi connectivity index (χ2n) is 4.11. The Kier molecular flexibility index (Phi) is 3.93. The minimum Gasteiger partial charge on any atom is -0.394 e. The van der Waals surface area contributed by atoms with E-state index in [-0.39, 0.29) is 12.6 Å². The minimum absolute atomic E-state index is 0.143. The van der Waals surface area contributed by atoms with Crippen molar-refractivity contribution in [3.8, 4) is 0 Å². The quantitative estimate of drug-likeness (QED) is 0.787. The van der Waals surface area contributed by atoms with Crippen LogP contribution in [0.1, 0.15) is 12.0 Å². The summed E-state index contributed by atoms with van der Waals surface area (Å²) in [5, 5.41) is 9.30. The largest absolute Gasteiger partial charge is 0.394 e. The van der Waals surface area contributed by atoms with Gasteiger partial charge >= 0.3 is 0 Å². The fraction of sp³-hybridized carbons (Fsp3) is 0.417. The number of hydrogen-bond donors (Lipinski definition) is 1. The molecule has 1 aliphatic rings. The monoisotopic (exact) mass is 253 g/mol. The standard InChI is InChI=1S/C12H15NO3S/c14-9-11-12(17(15)16)6-7-13(11)8-10-4-2-1-3-5-10/h1-5,11,14H,6-9H2/t11-/m0/s1. The molecule has 0 bridgehead atoms. The van der Waals surface area contributed by atoms with E-state index in [1.54, 1.807) is 0 Å². The van der Waals surface area contributed by atoms with E-state index in [4.69, 9.17) is 0 Å². The van der Waals surface area contributed by atoms with Crippen molar-refractivity contribution in [1.82, 2.24) is 4.90 Å². The number of benzene rings is 1. The Hall–Kier alpha value is -1.17. The summed E-state index contributed by atoms with van der Waals surface area (Å²) in [5.41, 5.74) is 1.13. The van der Waals surface area contributed by atoms with Crippen LogP contribution in [0.25, 0.3) is 0 Å². The van der Waals surface area contributed by atoms with Gasteiger partial charge in [-0.05, 0) is 12.0 Å². The molecule has 1 atom stereocenters. The van der Waals surface area contributed by atoms with E-state index in [1.807, 2.05) is 35.2 Å². The van der Waals surface area contributed by atoms with Crippen LogP contribution in [0.5, 0.6) is 0 Å². The zero-order chi connectivity index (χ0) is 12.3. The van der Waals surface area contributed by atoms with Crippen molar-refractivity contribution in [1.29, 1.82) is 0 Å². The fourth-order valence-electron chi connectivity index (χ4n) is 2.20. The third-order valence-electron chi connectivity index (χ3n) is 3.07. The second-order valence-corrected chi connectivity index (χ2v) is 5.10. The molecule has 0 unspecified atom stereocenters. The van der Waals surface area contributed by atoms with Gasteiger partial charge in [0.25, 0.3) is 0 Å². The maximum Gasteiger partial charge on any atom is 0.214 e. The number of nitrogens with zero attached hydrogens (tertiary/aromatic N) is 1. The molecular formula is C12H15NO3S. The lowest BCUT2D eigenvalue weighted by Gasteiger charge is -2.22. The Labute approximate surface area is 102 Å². The van der Waals surface area contributed by atoms with Crippen molar-refractivity contribution >= 4 is 15.2 Å². The molecular weight excluding hydrogens is 238 g/mol. The second kappa shape index (κ2) is 5.44. The number of hydrogen-bond acceptors (Lipinski definition) is 4. The van der Waals surface area contributed by atoms with Gasteiger partial charge in [-0.15, -0.1) is 0 Å². The van der Waals surface area contributed by atoms with E-state index < -0.39 is 10.3 Å². The first kappa shape index (κ1) is 12.3. The molecule has 17 heavy (non-hydrogen) atoms. The first-order chi connectivity index (χ1) is 8.22. The van der Waals surface area contributed by atoms with Gasteiger partial charge < -0.3 is 5.11 Å². The fourth-order valence-corrected chi connectivity index (χ4v) is 2.90. The first-order valence-corrected chi connectivity index (χ1v) is 6.63. The lowest BCUT2D eigenvalue weighted by molar-refractivity contribution is 0.179. The maximum absolute atomic E-state index is 11.0. The van der Waals surface area contributed by atoms with Gasteiger partial charge in [-0.25, -0.2) is 0 Å². The summed E-state index contributed by atoms with van der Waals surface area (Å²) in [4.78, 5) is 2.42. The van der Waals surface area contributed by atoms with Crippen LogP contribution >= 0.6 is 0 Å². The molecule has 0 amide bonds. The summed E-state index contributed by atoms with van der Waals surface area (Å²) in [5.74, 6) is 0. The average Bonchev–Trinajstić information content (AvgIpc) is 2.73. The van der Waals surface area contributed by atoms with Gasteiger partial charge in [-0.1, -0.05) is 30.3 Å². The van der Waals surface area contributed by atoms with Gasteiger partial charge in [0.05, 0.1) is 17.5 Å². The number of aliphatic hydroxyl groups is 1. The molecule has 0 aliphatic carbocycles. The number of rotatable bonds is 3. The highest BCUT2D eigenvalue weighted by Crippen LogP contribution is 2.17. The molecule has 1 saturated heterocycles. The van der Waals surface area contributed by atoms with Crippen LogP contribution in [0.15, 0.2) is 30.3 Å². The number of aliphatic hydroxyl groups excluding tert-OH is 1. The molecule has 1 aromatic carbocycles. The summed E-state index contributed by atoms with van der Waals surface area (Å²) >= 11 is 0. The highest BCUT2D eigenvalue weighted by molar-refractivity contribution is 7.73. The van der Waals surface area contributed by atoms with Gasteiger partial charge in [0.2, 0.25) is 10.3 Å². The van der Waals surface area contributed by atoms with Crippen LogP contribution in [0.2, 0.25) is 0 Å². The van der Waals surface area contributed by atoms with Crippen LogP contribution < -0.4 is 0 Å². The van der Waals surface area contributed by atoms with Gasteiger partial charge in [0, 0.05) is 13.1 Å². The Morgan fingerprint density at radius 2 is 2.00 bits per heavy atom. The van der Waals surface area contributed by atoms with Crippen LogP contribution in [0.3, 0.4) is 0 Å². The lowest BCUT2D eigenvalue weighted by Crippen LogP contribution is -2.35. The molecule has 0 spiro atoms. The van der Waals surface area contributed by atoms with E-state index in [9.17, 15) is 13.5 Å². The molecule has 0 saturated carbocycles. The molecule has 92 valence electrons. The lowest BCUT2D eigenvalue weighted by atomic mass is 10.2. The SMILES string of the molecule is O=S(=O)=C1CCN(Cc2ccccc2)[C@H]1CO. The van der Waals surface area contributed by atoms with Crippen molar-refractivity contribution in [2.24, 2.45) is 0 Å². The third-order valence-corrected chi connectivity index (χ3v) is 3.98. The average molecular weight is 253 g/mol. The maximum atomic E-state index is 11.0. The van der Waals surface area contributed by atoms with E-state index >= 15 is 0 Å². The predicted octanol–water partition coefficient (Wildman–Crippen LogP) is 0.305. The van der Waals surface area contributed by atoms with Crippen molar-refractivity contribution < 1.29 is 13.5 Å². The van der Waals surface area contributed by atoms with Crippen molar-refractivity contribution in [3.05, 3.63) is 35.9 Å². The summed E-state index contributed by atoms with van der Waals surface area (Å²) in [6.07, 6.45) is 0.522. The topological polar surface area (TPSA) is 57.6 Å². The van der Waals surface area contributed by atoms with E-state index in [0.29, 0.717) is 24.4 Å². The van der Waals surface area contributed by atoms with Crippen molar-refractivity contribution in [2.75, 3.05) is 13.2 Å². The Balaban J connectivity index is 2.16. The molecule has 4 nitrogen and oxygen atoms in total. The van der Waals surface area contributed by atoms with Gasteiger partial charge in [0.15, 0.2) is 0 Å². The summed E-state index contributed by atoms with van der Waals surface area (Å²) in [6.45, 7) is 1.21. The minimum atomic E-state index is -2.18. The van der Waals surface area contributed by atoms with Crippen molar-refractivity contribution in [2.45, 2.75) is 19.0 Å². The molecule has 0 aromatic heterocycles. The highest BCUT2D eigenvalue weighted by Gasteiger charge is 2.30.